The summed E-state index contributed by atoms with van der Waals surface area (Å²) in [5, 5.41) is 12.4. The van der Waals surface area contributed by atoms with Crippen LogP contribution in [0.3, 0.4) is 0 Å². The van der Waals surface area contributed by atoms with Crippen LogP contribution in [0.2, 0.25) is 0 Å². The van der Waals surface area contributed by atoms with E-state index < -0.39 is 29.2 Å². The summed E-state index contributed by atoms with van der Waals surface area (Å²) in [5.41, 5.74) is -1.14. The molecule has 1 atom stereocenters. The molecular formula is C20H20F3N3O3. The van der Waals surface area contributed by atoms with Crippen LogP contribution in [-0.4, -0.2) is 40.1 Å². The van der Waals surface area contributed by atoms with Crippen LogP contribution in [0.5, 0.6) is 0 Å². The first-order chi connectivity index (χ1) is 13.7. The highest BCUT2D eigenvalue weighted by Gasteiger charge is 2.44. The van der Waals surface area contributed by atoms with Crippen molar-refractivity contribution in [1.29, 1.82) is 0 Å². The lowest BCUT2D eigenvalue weighted by Gasteiger charge is -2.39. The number of aliphatic carboxylic acids is 1. The van der Waals surface area contributed by atoms with Gasteiger partial charge in [-0.2, -0.15) is 13.2 Å². The molecule has 1 aromatic heterocycles. The van der Waals surface area contributed by atoms with Crippen molar-refractivity contribution in [3.05, 3.63) is 59.9 Å². The fraction of sp³-hybridized carbons (Fsp3) is 0.350. The molecule has 1 aliphatic heterocycles. The molecule has 1 saturated heterocycles. The van der Waals surface area contributed by atoms with Crippen molar-refractivity contribution in [2.24, 2.45) is 5.41 Å². The Bertz CT molecular complexity index is 872. The predicted octanol–water partition coefficient (Wildman–Crippen LogP) is 4.04. The second-order valence-electron chi connectivity index (χ2n) is 7.11. The molecule has 154 valence electrons. The normalized spacial score (nSPS) is 19.6. The number of aromatic nitrogens is 1. The van der Waals surface area contributed by atoms with Gasteiger partial charge in [-0.15, -0.1) is 0 Å². The molecule has 29 heavy (non-hydrogen) atoms. The van der Waals surface area contributed by atoms with E-state index in [2.05, 4.69) is 10.3 Å². The monoisotopic (exact) mass is 407 g/mol. The number of hydrogen-bond donors (Lipinski definition) is 2. The van der Waals surface area contributed by atoms with Crippen LogP contribution < -0.4 is 5.32 Å². The van der Waals surface area contributed by atoms with Crippen LogP contribution in [0.4, 0.5) is 23.7 Å². The maximum atomic E-state index is 12.7. The Morgan fingerprint density at radius 3 is 2.48 bits per heavy atom. The van der Waals surface area contributed by atoms with E-state index in [1.54, 1.807) is 24.4 Å². The molecule has 0 spiro atoms. The summed E-state index contributed by atoms with van der Waals surface area (Å²) in [7, 11) is 0. The molecule has 0 bridgehead atoms. The van der Waals surface area contributed by atoms with Crippen LogP contribution >= 0.6 is 0 Å². The number of urea groups is 1. The Kier molecular flexibility index (Phi) is 5.76. The van der Waals surface area contributed by atoms with Crippen molar-refractivity contribution in [3.63, 3.8) is 0 Å². The van der Waals surface area contributed by atoms with Gasteiger partial charge in [0.2, 0.25) is 0 Å². The first-order valence-corrected chi connectivity index (χ1v) is 9.06. The molecule has 2 amide bonds. The van der Waals surface area contributed by atoms with Crippen LogP contribution in [-0.2, 0) is 17.4 Å². The highest BCUT2D eigenvalue weighted by atomic mass is 19.4. The van der Waals surface area contributed by atoms with Gasteiger partial charge in [0.05, 0.1) is 11.0 Å². The number of anilines is 1. The zero-order valence-electron chi connectivity index (χ0n) is 15.4. The van der Waals surface area contributed by atoms with Gasteiger partial charge in [0.15, 0.2) is 0 Å². The van der Waals surface area contributed by atoms with Gasteiger partial charge in [0.1, 0.15) is 0 Å². The van der Waals surface area contributed by atoms with E-state index in [-0.39, 0.29) is 18.7 Å². The molecule has 3 rings (SSSR count). The molecule has 0 aliphatic carbocycles. The van der Waals surface area contributed by atoms with Crippen molar-refractivity contribution in [2.75, 3.05) is 18.4 Å². The number of benzene rings is 1. The molecule has 2 heterocycles. The average molecular weight is 407 g/mol. The number of hydrogen-bond acceptors (Lipinski definition) is 3. The summed E-state index contributed by atoms with van der Waals surface area (Å²) in [6.45, 7) is 0.356. The highest BCUT2D eigenvalue weighted by Crippen LogP contribution is 2.34. The van der Waals surface area contributed by atoms with Gasteiger partial charge in [-0.25, -0.2) is 4.79 Å². The zero-order valence-corrected chi connectivity index (χ0v) is 15.4. The lowest BCUT2D eigenvalue weighted by atomic mass is 9.76. The molecule has 1 fully saturated rings. The number of piperidine rings is 1. The Morgan fingerprint density at radius 2 is 1.90 bits per heavy atom. The third kappa shape index (κ3) is 4.85. The molecule has 0 saturated carbocycles. The Balaban J connectivity index is 1.71. The SMILES string of the molecule is O=C(Nc1ccc(C(F)(F)F)cc1)N1CCCC(Cc2ccccn2)(C(=O)O)C1. The van der Waals surface area contributed by atoms with E-state index in [0.29, 0.717) is 25.1 Å². The molecule has 2 aromatic rings. The maximum Gasteiger partial charge on any atom is 0.416 e. The minimum atomic E-state index is -4.46. The Hall–Kier alpha value is -3.10. The first kappa shape index (κ1) is 20.6. The fourth-order valence-corrected chi connectivity index (χ4v) is 3.49. The number of pyridine rings is 1. The number of halogens is 3. The number of nitrogens with one attached hydrogen (secondary N) is 1. The summed E-state index contributed by atoms with van der Waals surface area (Å²) in [5.74, 6) is -1.00. The van der Waals surface area contributed by atoms with Gasteiger partial charge in [-0.05, 0) is 49.2 Å². The molecular weight excluding hydrogens is 387 g/mol. The topological polar surface area (TPSA) is 82.5 Å². The molecule has 0 radical (unpaired) electrons. The summed E-state index contributed by atoms with van der Waals surface area (Å²) >= 11 is 0. The lowest BCUT2D eigenvalue weighted by Crippen LogP contribution is -2.52. The van der Waals surface area contributed by atoms with E-state index in [9.17, 15) is 27.9 Å². The number of carboxylic acid groups (broad SMARTS) is 1. The van der Waals surface area contributed by atoms with Crippen molar-refractivity contribution in [1.82, 2.24) is 9.88 Å². The van der Waals surface area contributed by atoms with E-state index in [0.717, 1.165) is 12.1 Å². The number of carbonyl (C=O) groups is 2. The van der Waals surface area contributed by atoms with Gasteiger partial charge >= 0.3 is 18.2 Å². The minimum Gasteiger partial charge on any atom is -0.481 e. The summed E-state index contributed by atoms with van der Waals surface area (Å²) < 4.78 is 38.0. The largest absolute Gasteiger partial charge is 0.481 e. The second kappa shape index (κ2) is 8.10. The number of alkyl halides is 3. The molecule has 1 unspecified atom stereocenters. The van der Waals surface area contributed by atoms with Crippen molar-refractivity contribution in [3.8, 4) is 0 Å². The van der Waals surface area contributed by atoms with Crippen LogP contribution in [0.25, 0.3) is 0 Å². The zero-order chi connectivity index (χ0) is 21.1. The van der Waals surface area contributed by atoms with Gasteiger partial charge in [-0.3, -0.25) is 9.78 Å². The smallest absolute Gasteiger partial charge is 0.416 e. The fourth-order valence-electron chi connectivity index (χ4n) is 3.49. The van der Waals surface area contributed by atoms with Crippen LogP contribution in [0, 0.1) is 5.41 Å². The number of carbonyl (C=O) groups excluding carboxylic acids is 1. The molecule has 2 N–H and O–H groups in total. The van der Waals surface area contributed by atoms with Gasteiger partial charge in [0.25, 0.3) is 0 Å². The molecule has 9 heteroatoms. The van der Waals surface area contributed by atoms with Crippen LogP contribution in [0.15, 0.2) is 48.7 Å². The number of amides is 2. The van der Waals surface area contributed by atoms with Gasteiger partial charge in [-0.1, -0.05) is 6.07 Å². The number of carboxylic acids is 1. The molecule has 1 aromatic carbocycles. The maximum absolute atomic E-state index is 12.7. The minimum absolute atomic E-state index is 0.00856. The second-order valence-corrected chi connectivity index (χ2v) is 7.11. The summed E-state index contributed by atoms with van der Waals surface area (Å²) in [6, 6.07) is 8.81. The van der Waals surface area contributed by atoms with Crippen molar-refractivity contribution < 1.29 is 27.9 Å². The number of nitrogens with zero attached hydrogens (tertiary/aromatic N) is 2. The third-order valence-electron chi connectivity index (χ3n) is 5.03. The molecule has 1 aliphatic rings. The Morgan fingerprint density at radius 1 is 1.17 bits per heavy atom. The van der Waals surface area contributed by atoms with Gasteiger partial charge in [0, 0.05) is 37.1 Å². The number of likely N-dealkylation sites (tertiary alicyclic amines) is 1. The summed E-state index contributed by atoms with van der Waals surface area (Å²) in [6.07, 6.45) is -1.78. The van der Waals surface area contributed by atoms with Crippen LogP contribution in [0.1, 0.15) is 24.1 Å². The first-order valence-electron chi connectivity index (χ1n) is 9.06. The molecule has 6 nitrogen and oxygen atoms in total. The number of rotatable bonds is 4. The standard InChI is InChI=1S/C20H20F3N3O3/c21-20(22,23)14-5-7-15(8-6-14)25-18(29)26-11-3-9-19(13-26,17(27)28)12-16-4-1-2-10-24-16/h1-2,4-8,10H,3,9,11-13H2,(H,25,29)(H,27,28). The lowest BCUT2D eigenvalue weighted by molar-refractivity contribution is -0.151. The van der Waals surface area contributed by atoms with E-state index in [1.807, 2.05) is 0 Å². The third-order valence-corrected chi connectivity index (χ3v) is 5.03. The Labute approximate surface area is 165 Å². The predicted molar refractivity (Wildman–Crippen MR) is 99.3 cm³/mol. The summed E-state index contributed by atoms with van der Waals surface area (Å²) in [4.78, 5) is 30.2. The quantitative estimate of drug-likeness (QED) is 0.801. The average Bonchev–Trinajstić information content (AvgIpc) is 2.68. The van der Waals surface area contributed by atoms with E-state index >= 15 is 0 Å². The van der Waals surface area contributed by atoms with E-state index in [4.69, 9.17) is 0 Å². The van der Waals surface area contributed by atoms with Crippen molar-refractivity contribution in [2.45, 2.75) is 25.4 Å². The highest BCUT2D eigenvalue weighted by molar-refractivity contribution is 5.90. The van der Waals surface area contributed by atoms with Gasteiger partial charge < -0.3 is 15.3 Å². The van der Waals surface area contributed by atoms with Crippen molar-refractivity contribution >= 4 is 17.7 Å². The van der Waals surface area contributed by atoms with E-state index in [1.165, 1.54) is 17.0 Å².